The molecule has 1 N–H and O–H groups in total. The molecule has 1 unspecified atom stereocenters. The SMILES string of the molecule is O=C(c1ccc(Cn2ccnc2)cc1)N1CCCC(F)(CO)C1. The van der Waals surface area contributed by atoms with Gasteiger partial charge in [-0.2, -0.15) is 0 Å². The molecule has 0 spiro atoms. The van der Waals surface area contributed by atoms with Gasteiger partial charge in [0.15, 0.2) is 5.67 Å². The standard InChI is InChI=1S/C17H20FN3O2/c18-17(12-22)6-1-8-21(11-17)16(23)15-4-2-14(3-5-15)10-20-9-7-19-13-20/h2-5,7,9,13,22H,1,6,8,10-12H2. The van der Waals surface area contributed by atoms with Gasteiger partial charge in [0.1, 0.15) is 0 Å². The predicted octanol–water partition coefficient (Wildman–Crippen LogP) is 1.87. The van der Waals surface area contributed by atoms with Gasteiger partial charge in [0.05, 0.1) is 19.5 Å². The summed E-state index contributed by atoms with van der Waals surface area (Å²) >= 11 is 0. The lowest BCUT2D eigenvalue weighted by atomic mass is 9.95. The first-order chi connectivity index (χ1) is 11.1. The van der Waals surface area contributed by atoms with Crippen LogP contribution in [0.5, 0.6) is 0 Å². The molecule has 1 amide bonds. The van der Waals surface area contributed by atoms with Gasteiger partial charge < -0.3 is 14.6 Å². The van der Waals surface area contributed by atoms with Crippen molar-refractivity contribution in [2.75, 3.05) is 19.7 Å². The summed E-state index contributed by atoms with van der Waals surface area (Å²) < 4.78 is 16.2. The van der Waals surface area contributed by atoms with Crippen LogP contribution < -0.4 is 0 Å². The van der Waals surface area contributed by atoms with E-state index in [4.69, 9.17) is 5.11 Å². The number of piperidine rings is 1. The van der Waals surface area contributed by atoms with Crippen LogP contribution in [0.15, 0.2) is 43.0 Å². The number of carbonyl (C=O) groups is 1. The van der Waals surface area contributed by atoms with Crippen molar-refractivity contribution in [3.63, 3.8) is 0 Å². The Morgan fingerprint density at radius 2 is 2.13 bits per heavy atom. The lowest BCUT2D eigenvalue weighted by Crippen LogP contribution is -2.49. The number of hydrogen-bond acceptors (Lipinski definition) is 3. The Morgan fingerprint density at radius 3 is 2.78 bits per heavy atom. The van der Waals surface area contributed by atoms with E-state index in [2.05, 4.69) is 4.98 Å². The van der Waals surface area contributed by atoms with E-state index in [9.17, 15) is 9.18 Å². The molecular weight excluding hydrogens is 297 g/mol. The second-order valence-corrected chi connectivity index (χ2v) is 6.07. The minimum Gasteiger partial charge on any atom is -0.393 e. The van der Waals surface area contributed by atoms with Crippen molar-refractivity contribution in [2.45, 2.75) is 25.1 Å². The van der Waals surface area contributed by atoms with E-state index in [0.29, 0.717) is 31.5 Å². The maximum Gasteiger partial charge on any atom is 0.253 e. The average molecular weight is 317 g/mol. The van der Waals surface area contributed by atoms with Crippen LogP contribution in [0.25, 0.3) is 0 Å². The van der Waals surface area contributed by atoms with Crippen molar-refractivity contribution in [3.8, 4) is 0 Å². The largest absolute Gasteiger partial charge is 0.393 e. The van der Waals surface area contributed by atoms with Gasteiger partial charge in [-0.05, 0) is 30.5 Å². The number of alkyl halides is 1. The third-order valence-corrected chi connectivity index (χ3v) is 4.22. The Morgan fingerprint density at radius 1 is 1.35 bits per heavy atom. The van der Waals surface area contributed by atoms with Crippen LogP contribution >= 0.6 is 0 Å². The minimum absolute atomic E-state index is 0.0425. The summed E-state index contributed by atoms with van der Waals surface area (Å²) in [5.74, 6) is -0.186. The number of aliphatic hydroxyl groups is 1. The molecule has 122 valence electrons. The summed E-state index contributed by atoms with van der Waals surface area (Å²) in [7, 11) is 0. The van der Waals surface area contributed by atoms with Crippen LogP contribution in [0.3, 0.4) is 0 Å². The summed E-state index contributed by atoms with van der Waals surface area (Å²) in [6.07, 6.45) is 6.21. The van der Waals surface area contributed by atoms with E-state index in [1.54, 1.807) is 24.7 Å². The molecule has 1 aromatic heterocycles. The summed E-state index contributed by atoms with van der Waals surface area (Å²) in [4.78, 5) is 18.0. The summed E-state index contributed by atoms with van der Waals surface area (Å²) in [6.45, 7) is 0.636. The Bertz CT molecular complexity index is 657. The molecule has 1 atom stereocenters. The summed E-state index contributed by atoms with van der Waals surface area (Å²) in [5, 5.41) is 9.16. The van der Waals surface area contributed by atoms with Crippen molar-refractivity contribution < 1.29 is 14.3 Å². The van der Waals surface area contributed by atoms with Gasteiger partial charge >= 0.3 is 0 Å². The van der Waals surface area contributed by atoms with Crippen molar-refractivity contribution in [1.29, 1.82) is 0 Å². The van der Waals surface area contributed by atoms with Crippen molar-refractivity contribution in [2.24, 2.45) is 0 Å². The van der Waals surface area contributed by atoms with Crippen LogP contribution in [-0.2, 0) is 6.54 Å². The zero-order chi connectivity index (χ0) is 16.3. The van der Waals surface area contributed by atoms with E-state index < -0.39 is 12.3 Å². The number of amides is 1. The van der Waals surface area contributed by atoms with Crippen molar-refractivity contribution in [1.82, 2.24) is 14.5 Å². The first kappa shape index (κ1) is 15.7. The van der Waals surface area contributed by atoms with Gasteiger partial charge in [0.2, 0.25) is 0 Å². The minimum atomic E-state index is -1.67. The van der Waals surface area contributed by atoms with Gasteiger partial charge in [-0.25, -0.2) is 9.37 Å². The fourth-order valence-electron chi connectivity index (χ4n) is 2.92. The molecule has 0 radical (unpaired) electrons. The Kier molecular flexibility index (Phi) is 4.43. The number of benzene rings is 1. The van der Waals surface area contributed by atoms with E-state index in [0.717, 1.165) is 5.56 Å². The third-order valence-electron chi connectivity index (χ3n) is 4.22. The van der Waals surface area contributed by atoms with E-state index in [-0.39, 0.29) is 12.5 Å². The van der Waals surface area contributed by atoms with Crippen LogP contribution in [0.2, 0.25) is 0 Å². The maximum atomic E-state index is 14.3. The number of likely N-dealkylation sites (tertiary alicyclic amines) is 1. The van der Waals surface area contributed by atoms with E-state index in [1.165, 1.54) is 4.90 Å². The molecule has 5 nitrogen and oxygen atoms in total. The molecule has 1 aliphatic rings. The molecule has 6 heteroatoms. The average Bonchev–Trinajstić information content (AvgIpc) is 3.08. The number of aliphatic hydroxyl groups excluding tert-OH is 1. The normalized spacial score (nSPS) is 21.4. The van der Waals surface area contributed by atoms with Crippen LogP contribution in [0.4, 0.5) is 4.39 Å². The van der Waals surface area contributed by atoms with Crippen molar-refractivity contribution >= 4 is 5.91 Å². The monoisotopic (exact) mass is 317 g/mol. The molecule has 0 aliphatic carbocycles. The molecule has 3 rings (SSSR count). The number of rotatable bonds is 4. The van der Waals surface area contributed by atoms with Crippen LogP contribution in [0.1, 0.15) is 28.8 Å². The summed E-state index contributed by atoms with van der Waals surface area (Å²) in [6, 6.07) is 7.32. The highest BCUT2D eigenvalue weighted by Crippen LogP contribution is 2.25. The molecule has 1 fully saturated rings. The molecule has 0 bridgehead atoms. The molecule has 23 heavy (non-hydrogen) atoms. The molecule has 1 aromatic carbocycles. The highest BCUT2D eigenvalue weighted by Gasteiger charge is 2.36. The van der Waals surface area contributed by atoms with Gasteiger partial charge in [0, 0.05) is 31.0 Å². The lowest BCUT2D eigenvalue weighted by molar-refractivity contribution is 0.00174. The highest BCUT2D eigenvalue weighted by atomic mass is 19.1. The van der Waals surface area contributed by atoms with Gasteiger partial charge in [0.25, 0.3) is 5.91 Å². The fourth-order valence-corrected chi connectivity index (χ4v) is 2.92. The van der Waals surface area contributed by atoms with Gasteiger partial charge in [-0.1, -0.05) is 12.1 Å². The van der Waals surface area contributed by atoms with Crippen LogP contribution in [-0.4, -0.2) is 50.8 Å². The molecule has 1 saturated heterocycles. The topological polar surface area (TPSA) is 58.4 Å². The van der Waals surface area contributed by atoms with Crippen molar-refractivity contribution in [3.05, 3.63) is 54.1 Å². The quantitative estimate of drug-likeness (QED) is 0.936. The van der Waals surface area contributed by atoms with Crippen LogP contribution in [0, 0.1) is 0 Å². The highest BCUT2D eigenvalue weighted by molar-refractivity contribution is 5.94. The van der Waals surface area contributed by atoms with Gasteiger partial charge in [-0.15, -0.1) is 0 Å². The van der Waals surface area contributed by atoms with E-state index in [1.807, 2.05) is 22.9 Å². The Balaban J connectivity index is 1.68. The third kappa shape index (κ3) is 3.59. The second kappa shape index (κ2) is 6.50. The number of imidazole rings is 1. The zero-order valence-corrected chi connectivity index (χ0v) is 12.9. The molecule has 1 aliphatic heterocycles. The first-order valence-electron chi connectivity index (χ1n) is 7.73. The molecule has 2 heterocycles. The second-order valence-electron chi connectivity index (χ2n) is 6.07. The Labute approximate surface area is 134 Å². The maximum absolute atomic E-state index is 14.3. The first-order valence-corrected chi connectivity index (χ1v) is 7.73. The Hall–Kier alpha value is -2.21. The smallest absolute Gasteiger partial charge is 0.253 e. The summed E-state index contributed by atoms with van der Waals surface area (Å²) in [5.41, 5.74) is -0.0649. The fraction of sp³-hybridized carbons (Fsp3) is 0.412. The van der Waals surface area contributed by atoms with E-state index >= 15 is 0 Å². The number of halogens is 1. The zero-order valence-electron chi connectivity index (χ0n) is 12.9. The predicted molar refractivity (Wildman–Crippen MR) is 83.8 cm³/mol. The number of nitrogens with zero attached hydrogens (tertiary/aromatic N) is 3. The molecule has 2 aromatic rings. The van der Waals surface area contributed by atoms with Gasteiger partial charge in [-0.3, -0.25) is 4.79 Å². The lowest BCUT2D eigenvalue weighted by Gasteiger charge is -2.36. The molecule has 0 saturated carbocycles. The number of carbonyl (C=O) groups excluding carboxylic acids is 1. The molecular formula is C17H20FN3O2. The number of aromatic nitrogens is 2. The number of hydrogen-bond donors (Lipinski definition) is 1.